The monoisotopic (exact) mass is 363 g/mol. The van der Waals surface area contributed by atoms with Crippen molar-refractivity contribution in [1.82, 2.24) is 4.90 Å². The minimum Gasteiger partial charge on any atom is -0.377 e. The minimum atomic E-state index is -4.85. The molecule has 1 amide bonds. The van der Waals surface area contributed by atoms with Gasteiger partial charge in [-0.2, -0.15) is 8.42 Å². The maximum absolute atomic E-state index is 13.2. The molecule has 0 spiro atoms. The first-order valence-corrected chi connectivity index (χ1v) is 9.31. The summed E-state index contributed by atoms with van der Waals surface area (Å²) in [7, 11) is -4.85. The van der Waals surface area contributed by atoms with Gasteiger partial charge in [-0.1, -0.05) is 36.4 Å². The molecule has 1 atom stereocenters. The molecule has 1 fully saturated rings. The standard InChI is InChI=1S/C18H18FNO4S/c19-25(22,23)17-8-4-7-15(12-17)18(21)20-9-10-24-13-16(20)11-14-5-2-1-3-6-14/h1-8,12,16H,9-11,13H2. The van der Waals surface area contributed by atoms with Crippen LogP contribution in [0, 0.1) is 0 Å². The average Bonchev–Trinajstić information content (AvgIpc) is 2.62. The lowest BCUT2D eigenvalue weighted by Crippen LogP contribution is -2.49. The molecule has 25 heavy (non-hydrogen) atoms. The fraction of sp³-hybridized carbons (Fsp3) is 0.278. The second-order valence-corrected chi connectivity index (χ2v) is 7.23. The molecule has 5 nitrogen and oxygen atoms in total. The number of nitrogens with zero attached hydrogens (tertiary/aromatic N) is 1. The Kier molecular flexibility index (Phi) is 5.15. The van der Waals surface area contributed by atoms with E-state index in [9.17, 15) is 17.1 Å². The lowest BCUT2D eigenvalue weighted by atomic mass is 10.0. The van der Waals surface area contributed by atoms with Crippen LogP contribution in [0.1, 0.15) is 15.9 Å². The van der Waals surface area contributed by atoms with E-state index in [0.717, 1.165) is 17.7 Å². The van der Waals surface area contributed by atoms with Gasteiger partial charge in [0.15, 0.2) is 0 Å². The highest BCUT2D eigenvalue weighted by molar-refractivity contribution is 7.86. The first kappa shape index (κ1) is 17.6. The molecule has 1 saturated heterocycles. The van der Waals surface area contributed by atoms with Crippen LogP contribution in [0.4, 0.5) is 3.89 Å². The molecule has 1 unspecified atom stereocenters. The third-order valence-corrected chi connectivity index (χ3v) is 4.98. The smallest absolute Gasteiger partial charge is 0.332 e. The molecule has 1 heterocycles. The molecule has 0 N–H and O–H groups in total. The molecule has 1 aliphatic rings. The summed E-state index contributed by atoms with van der Waals surface area (Å²) in [4.78, 5) is 14.0. The number of amides is 1. The van der Waals surface area contributed by atoms with Gasteiger partial charge in [0.05, 0.1) is 24.2 Å². The molecule has 0 radical (unpaired) electrons. The molecule has 2 aromatic carbocycles. The van der Waals surface area contributed by atoms with E-state index < -0.39 is 15.1 Å². The van der Waals surface area contributed by atoms with Gasteiger partial charge in [0.2, 0.25) is 0 Å². The van der Waals surface area contributed by atoms with Crippen molar-refractivity contribution >= 4 is 16.1 Å². The largest absolute Gasteiger partial charge is 0.377 e. The fourth-order valence-corrected chi connectivity index (χ4v) is 3.43. The molecular formula is C18H18FNO4S. The summed E-state index contributed by atoms with van der Waals surface area (Å²) in [5.41, 5.74) is 1.23. The van der Waals surface area contributed by atoms with E-state index in [1.807, 2.05) is 30.3 Å². The molecule has 132 valence electrons. The second-order valence-electron chi connectivity index (χ2n) is 5.88. The van der Waals surface area contributed by atoms with Gasteiger partial charge in [-0.3, -0.25) is 4.79 Å². The van der Waals surface area contributed by atoms with E-state index in [1.54, 1.807) is 4.90 Å². The zero-order chi connectivity index (χ0) is 17.9. The van der Waals surface area contributed by atoms with E-state index >= 15 is 0 Å². The Morgan fingerprint density at radius 3 is 2.64 bits per heavy atom. The predicted octanol–water partition coefficient (Wildman–Crippen LogP) is 2.43. The van der Waals surface area contributed by atoms with Crippen LogP contribution >= 0.6 is 0 Å². The summed E-state index contributed by atoms with van der Waals surface area (Å²) in [5, 5.41) is 0. The highest BCUT2D eigenvalue weighted by Crippen LogP contribution is 2.19. The lowest BCUT2D eigenvalue weighted by molar-refractivity contribution is -0.00165. The number of rotatable bonds is 4. The van der Waals surface area contributed by atoms with Crippen LogP contribution in [-0.4, -0.2) is 45.0 Å². The summed E-state index contributed by atoms with van der Waals surface area (Å²) >= 11 is 0. The Morgan fingerprint density at radius 2 is 1.92 bits per heavy atom. The molecule has 1 aliphatic heterocycles. The lowest BCUT2D eigenvalue weighted by Gasteiger charge is -2.36. The zero-order valence-corrected chi connectivity index (χ0v) is 14.3. The maximum Gasteiger partial charge on any atom is 0.332 e. The minimum absolute atomic E-state index is 0.152. The first-order chi connectivity index (χ1) is 11.9. The summed E-state index contributed by atoms with van der Waals surface area (Å²) in [6.45, 7) is 1.23. The number of benzene rings is 2. The number of hydrogen-bond donors (Lipinski definition) is 0. The molecule has 0 bridgehead atoms. The van der Waals surface area contributed by atoms with Gasteiger partial charge in [0.1, 0.15) is 0 Å². The third kappa shape index (κ3) is 4.24. The van der Waals surface area contributed by atoms with Crippen LogP contribution < -0.4 is 0 Å². The van der Waals surface area contributed by atoms with Crippen LogP contribution in [0.25, 0.3) is 0 Å². The van der Waals surface area contributed by atoms with Crippen molar-refractivity contribution in [3.63, 3.8) is 0 Å². The molecule has 0 saturated carbocycles. The number of hydrogen-bond acceptors (Lipinski definition) is 4. The SMILES string of the molecule is O=C(c1cccc(S(=O)(=O)F)c1)N1CCOCC1Cc1ccccc1. The number of morpholine rings is 1. The Balaban J connectivity index is 1.84. The van der Waals surface area contributed by atoms with E-state index in [4.69, 9.17) is 4.74 Å². The first-order valence-electron chi connectivity index (χ1n) is 7.92. The maximum atomic E-state index is 13.2. The van der Waals surface area contributed by atoms with E-state index in [-0.39, 0.29) is 17.5 Å². The quantitative estimate of drug-likeness (QED) is 0.783. The van der Waals surface area contributed by atoms with Crippen molar-refractivity contribution in [2.45, 2.75) is 17.4 Å². The molecule has 2 aromatic rings. The number of carbonyl (C=O) groups excluding carboxylic acids is 1. The summed E-state index contributed by atoms with van der Waals surface area (Å²) < 4.78 is 40.9. The van der Waals surface area contributed by atoms with Crippen LogP contribution in [-0.2, 0) is 21.4 Å². The average molecular weight is 363 g/mol. The van der Waals surface area contributed by atoms with E-state index in [2.05, 4.69) is 0 Å². The van der Waals surface area contributed by atoms with Crippen molar-refractivity contribution in [2.75, 3.05) is 19.8 Å². The Labute approximate surface area is 146 Å². The van der Waals surface area contributed by atoms with Crippen LogP contribution in [0.2, 0.25) is 0 Å². The number of halogens is 1. The fourth-order valence-electron chi connectivity index (χ4n) is 2.92. The third-order valence-electron chi connectivity index (χ3n) is 4.17. The highest BCUT2D eigenvalue weighted by atomic mass is 32.3. The summed E-state index contributed by atoms with van der Waals surface area (Å²) in [5.74, 6) is -0.324. The van der Waals surface area contributed by atoms with Crippen LogP contribution in [0.5, 0.6) is 0 Å². The molecule has 0 aliphatic carbocycles. The van der Waals surface area contributed by atoms with Gasteiger partial charge in [0.25, 0.3) is 5.91 Å². The molecular weight excluding hydrogens is 345 g/mol. The van der Waals surface area contributed by atoms with Gasteiger partial charge >= 0.3 is 10.2 Å². The second kappa shape index (κ2) is 7.33. The molecule has 3 rings (SSSR count). The zero-order valence-electron chi connectivity index (χ0n) is 13.5. The van der Waals surface area contributed by atoms with Crippen LogP contribution in [0.3, 0.4) is 0 Å². The summed E-state index contributed by atoms with van der Waals surface area (Å²) in [6, 6.07) is 14.7. The predicted molar refractivity (Wildman–Crippen MR) is 90.5 cm³/mol. The Morgan fingerprint density at radius 1 is 1.16 bits per heavy atom. The molecule has 7 heteroatoms. The Hall–Kier alpha value is -2.25. The van der Waals surface area contributed by atoms with Crippen molar-refractivity contribution in [3.05, 3.63) is 65.7 Å². The van der Waals surface area contributed by atoms with Crippen molar-refractivity contribution in [1.29, 1.82) is 0 Å². The Bertz CT molecular complexity index is 854. The van der Waals surface area contributed by atoms with Gasteiger partial charge in [0, 0.05) is 12.1 Å². The van der Waals surface area contributed by atoms with E-state index in [0.29, 0.717) is 26.2 Å². The topological polar surface area (TPSA) is 63.7 Å². The van der Waals surface area contributed by atoms with Crippen LogP contribution in [0.15, 0.2) is 59.5 Å². The van der Waals surface area contributed by atoms with E-state index in [1.165, 1.54) is 12.1 Å². The molecule has 0 aromatic heterocycles. The van der Waals surface area contributed by atoms with Gasteiger partial charge < -0.3 is 9.64 Å². The van der Waals surface area contributed by atoms with Gasteiger partial charge in [-0.05, 0) is 30.2 Å². The van der Waals surface area contributed by atoms with Crippen molar-refractivity contribution in [2.24, 2.45) is 0 Å². The normalized spacial score (nSPS) is 18.1. The number of ether oxygens (including phenoxy) is 1. The number of carbonyl (C=O) groups is 1. The van der Waals surface area contributed by atoms with Gasteiger partial charge in [-0.25, -0.2) is 0 Å². The van der Waals surface area contributed by atoms with Crippen molar-refractivity contribution < 1.29 is 21.8 Å². The highest BCUT2D eigenvalue weighted by Gasteiger charge is 2.29. The van der Waals surface area contributed by atoms with Gasteiger partial charge in [-0.15, -0.1) is 3.89 Å². The summed E-state index contributed by atoms with van der Waals surface area (Å²) in [6.07, 6.45) is 0.633. The van der Waals surface area contributed by atoms with Crippen molar-refractivity contribution in [3.8, 4) is 0 Å².